The molecule has 3 rings (SSSR count). The third kappa shape index (κ3) is 2.15. The molecule has 3 aromatic rings. The van der Waals surface area contributed by atoms with E-state index in [1.165, 1.54) is 0 Å². The Hall–Kier alpha value is -1.98. The smallest absolute Gasteiger partial charge is 0.230 e. The molecule has 102 valence electrons. The Morgan fingerprint density at radius 1 is 1.30 bits per heavy atom. The number of nitrogens with zero attached hydrogens (tertiary/aromatic N) is 3. The van der Waals surface area contributed by atoms with Crippen molar-refractivity contribution in [2.45, 2.75) is 0 Å². The minimum absolute atomic E-state index is 0.202. The second-order valence-corrected chi connectivity index (χ2v) is 5.14. The summed E-state index contributed by atoms with van der Waals surface area (Å²) in [5.74, 6) is 0.202. The van der Waals surface area contributed by atoms with E-state index in [4.69, 9.17) is 33.5 Å². The Morgan fingerprint density at radius 2 is 2.10 bits per heavy atom. The first-order valence-electron chi connectivity index (χ1n) is 5.76. The standard InChI is InChI=1S/C13H10Cl2N4O/c1-19-6-7(5-17-19)12-11(13(16)20-18-12)9-3-2-8(14)4-10(9)15/h2-6H,16H2,1H3. The van der Waals surface area contributed by atoms with Crippen LogP contribution in [0.4, 0.5) is 5.88 Å². The highest BCUT2D eigenvalue weighted by Crippen LogP contribution is 2.40. The SMILES string of the molecule is Cn1cc(-c2noc(N)c2-c2ccc(Cl)cc2Cl)cn1. The van der Waals surface area contributed by atoms with Gasteiger partial charge in [-0.2, -0.15) is 5.10 Å². The van der Waals surface area contributed by atoms with Crippen LogP contribution in [0.5, 0.6) is 0 Å². The molecule has 0 amide bonds. The number of benzene rings is 1. The Labute approximate surface area is 124 Å². The van der Waals surface area contributed by atoms with Gasteiger partial charge in [0.15, 0.2) is 0 Å². The third-order valence-electron chi connectivity index (χ3n) is 2.90. The molecular formula is C13H10Cl2N4O. The molecule has 20 heavy (non-hydrogen) atoms. The van der Waals surface area contributed by atoms with Gasteiger partial charge in [-0.3, -0.25) is 4.68 Å². The molecule has 0 spiro atoms. The molecule has 0 saturated heterocycles. The number of nitrogen functional groups attached to an aromatic ring is 1. The molecule has 7 heteroatoms. The predicted molar refractivity (Wildman–Crippen MR) is 78.6 cm³/mol. The van der Waals surface area contributed by atoms with Crippen molar-refractivity contribution in [1.82, 2.24) is 14.9 Å². The van der Waals surface area contributed by atoms with Crippen LogP contribution in [0, 0.1) is 0 Å². The van der Waals surface area contributed by atoms with E-state index in [0.717, 1.165) is 5.56 Å². The van der Waals surface area contributed by atoms with Crippen molar-refractivity contribution in [3.8, 4) is 22.4 Å². The van der Waals surface area contributed by atoms with E-state index in [1.54, 1.807) is 29.1 Å². The topological polar surface area (TPSA) is 69.9 Å². The van der Waals surface area contributed by atoms with Crippen LogP contribution in [0.25, 0.3) is 22.4 Å². The van der Waals surface area contributed by atoms with E-state index >= 15 is 0 Å². The molecule has 0 aliphatic rings. The van der Waals surface area contributed by atoms with Gasteiger partial charge in [0.25, 0.3) is 0 Å². The van der Waals surface area contributed by atoms with E-state index in [2.05, 4.69) is 10.3 Å². The van der Waals surface area contributed by atoms with Crippen LogP contribution in [0.15, 0.2) is 35.1 Å². The van der Waals surface area contributed by atoms with Gasteiger partial charge in [-0.15, -0.1) is 0 Å². The molecule has 0 aliphatic heterocycles. The van der Waals surface area contributed by atoms with Gasteiger partial charge in [-0.1, -0.05) is 34.4 Å². The van der Waals surface area contributed by atoms with Crippen LogP contribution in [-0.4, -0.2) is 14.9 Å². The van der Waals surface area contributed by atoms with Crippen LogP contribution in [0.2, 0.25) is 10.0 Å². The summed E-state index contributed by atoms with van der Waals surface area (Å²) in [5, 5.41) is 9.14. The van der Waals surface area contributed by atoms with Crippen LogP contribution >= 0.6 is 23.2 Å². The average molecular weight is 309 g/mol. The fourth-order valence-corrected chi connectivity index (χ4v) is 2.50. The van der Waals surface area contributed by atoms with Gasteiger partial charge in [0.05, 0.1) is 16.8 Å². The summed E-state index contributed by atoms with van der Waals surface area (Å²) in [6.07, 6.45) is 3.51. The van der Waals surface area contributed by atoms with Gasteiger partial charge in [0.1, 0.15) is 5.69 Å². The third-order valence-corrected chi connectivity index (χ3v) is 3.45. The Morgan fingerprint density at radius 3 is 2.75 bits per heavy atom. The molecule has 2 aromatic heterocycles. The van der Waals surface area contributed by atoms with Gasteiger partial charge < -0.3 is 10.3 Å². The maximum absolute atomic E-state index is 6.23. The van der Waals surface area contributed by atoms with Crippen molar-refractivity contribution < 1.29 is 4.52 Å². The Kier molecular flexibility index (Phi) is 3.16. The van der Waals surface area contributed by atoms with E-state index in [0.29, 0.717) is 26.9 Å². The molecule has 0 aliphatic carbocycles. The first kappa shape index (κ1) is 13.0. The van der Waals surface area contributed by atoms with Crippen molar-refractivity contribution in [3.63, 3.8) is 0 Å². The normalized spacial score (nSPS) is 10.9. The number of nitrogens with two attached hydrogens (primary N) is 1. The molecule has 1 aromatic carbocycles. The molecule has 2 N–H and O–H groups in total. The van der Waals surface area contributed by atoms with Gasteiger partial charge in [-0.25, -0.2) is 0 Å². The quantitative estimate of drug-likeness (QED) is 0.784. The Balaban J connectivity index is 2.21. The zero-order chi connectivity index (χ0) is 14.3. The van der Waals surface area contributed by atoms with Gasteiger partial charge in [0.2, 0.25) is 5.88 Å². The molecule has 0 atom stereocenters. The number of halogens is 2. The molecule has 0 saturated carbocycles. The van der Waals surface area contributed by atoms with Crippen molar-refractivity contribution in [1.29, 1.82) is 0 Å². The zero-order valence-electron chi connectivity index (χ0n) is 10.5. The minimum atomic E-state index is 0.202. The number of hydrogen-bond acceptors (Lipinski definition) is 4. The first-order valence-corrected chi connectivity index (χ1v) is 6.51. The monoisotopic (exact) mass is 308 g/mol. The molecular weight excluding hydrogens is 299 g/mol. The lowest BCUT2D eigenvalue weighted by Crippen LogP contribution is -1.88. The summed E-state index contributed by atoms with van der Waals surface area (Å²) in [4.78, 5) is 0. The number of rotatable bonds is 2. The van der Waals surface area contributed by atoms with Crippen LogP contribution < -0.4 is 5.73 Å². The number of aromatic nitrogens is 3. The minimum Gasteiger partial charge on any atom is -0.367 e. The van der Waals surface area contributed by atoms with E-state index in [1.807, 2.05) is 13.2 Å². The molecule has 0 unspecified atom stereocenters. The van der Waals surface area contributed by atoms with E-state index in [-0.39, 0.29) is 5.88 Å². The summed E-state index contributed by atoms with van der Waals surface area (Å²) in [6.45, 7) is 0. The summed E-state index contributed by atoms with van der Waals surface area (Å²) in [6, 6.07) is 5.17. The Bertz CT molecular complexity index is 779. The highest BCUT2D eigenvalue weighted by atomic mass is 35.5. The van der Waals surface area contributed by atoms with Gasteiger partial charge in [0, 0.05) is 29.4 Å². The molecule has 0 fully saturated rings. The summed E-state index contributed by atoms with van der Waals surface area (Å²) in [5.41, 5.74) is 8.63. The average Bonchev–Trinajstić information content (AvgIpc) is 2.96. The van der Waals surface area contributed by atoms with E-state index in [9.17, 15) is 0 Å². The van der Waals surface area contributed by atoms with Crippen molar-refractivity contribution >= 4 is 29.1 Å². The molecule has 5 nitrogen and oxygen atoms in total. The highest BCUT2D eigenvalue weighted by Gasteiger charge is 2.20. The number of aryl methyl sites for hydroxylation is 1. The second kappa shape index (κ2) is 4.85. The van der Waals surface area contributed by atoms with Crippen molar-refractivity contribution in [2.75, 3.05) is 5.73 Å². The number of anilines is 1. The molecule has 2 heterocycles. The first-order chi connectivity index (χ1) is 9.56. The lowest BCUT2D eigenvalue weighted by atomic mass is 10.0. The van der Waals surface area contributed by atoms with Crippen LogP contribution in [0.1, 0.15) is 0 Å². The largest absolute Gasteiger partial charge is 0.367 e. The zero-order valence-corrected chi connectivity index (χ0v) is 12.0. The summed E-state index contributed by atoms with van der Waals surface area (Å²) in [7, 11) is 1.82. The lowest BCUT2D eigenvalue weighted by Gasteiger charge is -2.04. The highest BCUT2D eigenvalue weighted by molar-refractivity contribution is 6.36. The maximum atomic E-state index is 6.23. The summed E-state index contributed by atoms with van der Waals surface area (Å²) < 4.78 is 6.77. The molecule has 0 bridgehead atoms. The fourth-order valence-electron chi connectivity index (χ4n) is 2.00. The number of hydrogen-bond donors (Lipinski definition) is 1. The van der Waals surface area contributed by atoms with E-state index < -0.39 is 0 Å². The van der Waals surface area contributed by atoms with Crippen LogP contribution in [-0.2, 0) is 7.05 Å². The molecule has 0 radical (unpaired) electrons. The lowest BCUT2D eigenvalue weighted by molar-refractivity contribution is 0.439. The van der Waals surface area contributed by atoms with Crippen molar-refractivity contribution in [3.05, 3.63) is 40.6 Å². The van der Waals surface area contributed by atoms with Crippen molar-refractivity contribution in [2.24, 2.45) is 7.05 Å². The fraction of sp³-hybridized carbons (Fsp3) is 0.0769. The maximum Gasteiger partial charge on any atom is 0.230 e. The van der Waals surface area contributed by atoms with Gasteiger partial charge in [-0.05, 0) is 12.1 Å². The predicted octanol–water partition coefficient (Wildman–Crippen LogP) is 3.63. The van der Waals surface area contributed by atoms with Gasteiger partial charge >= 0.3 is 0 Å². The second-order valence-electron chi connectivity index (χ2n) is 4.30. The summed E-state index contributed by atoms with van der Waals surface area (Å²) >= 11 is 12.1. The van der Waals surface area contributed by atoms with Crippen LogP contribution in [0.3, 0.4) is 0 Å².